The van der Waals surface area contributed by atoms with Crippen molar-refractivity contribution in [3.63, 3.8) is 0 Å². The van der Waals surface area contributed by atoms with E-state index in [1.807, 2.05) is 73.7 Å². The normalized spacial score (nSPS) is 28.4. The van der Waals surface area contributed by atoms with Gasteiger partial charge in [-0.05, 0) is 46.9 Å². The highest BCUT2D eigenvalue weighted by molar-refractivity contribution is 6.36. The van der Waals surface area contributed by atoms with Crippen LogP contribution < -0.4 is 5.32 Å². The molecule has 0 radical (unpaired) electrons. The number of carbonyl (C=O) groups is 3. The van der Waals surface area contributed by atoms with Crippen molar-refractivity contribution in [1.82, 2.24) is 4.90 Å². The number of nitrogens with zero attached hydrogens (tertiary/aromatic N) is 1. The van der Waals surface area contributed by atoms with Crippen molar-refractivity contribution in [1.29, 1.82) is 0 Å². The van der Waals surface area contributed by atoms with Gasteiger partial charge in [-0.3, -0.25) is 19.3 Å². The molecule has 2 atom stereocenters. The number of benzene rings is 3. The van der Waals surface area contributed by atoms with Gasteiger partial charge in [0.25, 0.3) is 0 Å². The van der Waals surface area contributed by atoms with Crippen LogP contribution in [0.5, 0.6) is 0 Å². The number of hydrogen-bond acceptors (Lipinski definition) is 3. The minimum absolute atomic E-state index is 0.398. The van der Waals surface area contributed by atoms with Gasteiger partial charge in [-0.15, -0.1) is 23.2 Å². The number of likely N-dealkylation sites (tertiary alicyclic amines) is 1. The molecule has 1 fully saturated rings. The summed E-state index contributed by atoms with van der Waals surface area (Å²) in [6.07, 6.45) is 0. The molecule has 1 N–H and O–H groups in total. The summed E-state index contributed by atoms with van der Waals surface area (Å²) in [6.45, 7) is 1.52. The molecular formula is C27H20Cl2N2O3. The quantitative estimate of drug-likeness (QED) is 0.433. The van der Waals surface area contributed by atoms with Gasteiger partial charge >= 0.3 is 0 Å². The lowest BCUT2D eigenvalue weighted by molar-refractivity contribution is -0.142. The molecule has 0 unspecified atom stereocenters. The van der Waals surface area contributed by atoms with E-state index in [4.69, 9.17) is 23.2 Å². The van der Waals surface area contributed by atoms with Crippen LogP contribution in [0.15, 0.2) is 72.8 Å². The summed E-state index contributed by atoms with van der Waals surface area (Å²) < 4.78 is 0. The van der Waals surface area contributed by atoms with Crippen molar-refractivity contribution >= 4 is 46.6 Å². The molecule has 1 saturated heterocycles. The average Bonchev–Trinajstić information content (AvgIpc) is 3.08. The third-order valence-corrected chi connectivity index (χ3v) is 8.56. The molecule has 0 aromatic heterocycles. The van der Waals surface area contributed by atoms with Gasteiger partial charge in [0, 0.05) is 5.69 Å². The minimum atomic E-state index is -1.25. The molecule has 3 aromatic carbocycles. The Labute approximate surface area is 206 Å². The molecule has 0 saturated carbocycles. The fraction of sp³-hybridized carbons (Fsp3) is 0.222. The SMILES string of the molecule is Cc1cccc(NC(=O)CN2C(=O)[C@@H]3[C@@H](C2=O)C2(Cl)c4ccccc4C3(Cl)c3ccccc32)c1. The third kappa shape index (κ3) is 2.60. The van der Waals surface area contributed by atoms with Crippen molar-refractivity contribution < 1.29 is 14.4 Å². The van der Waals surface area contributed by atoms with E-state index >= 15 is 0 Å². The molecule has 3 amide bonds. The molecular weight excluding hydrogens is 471 g/mol. The second kappa shape index (κ2) is 7.17. The van der Waals surface area contributed by atoms with Crippen LogP contribution in [0.25, 0.3) is 0 Å². The predicted octanol–water partition coefficient (Wildman–Crippen LogP) is 4.53. The first-order chi connectivity index (χ1) is 16.3. The van der Waals surface area contributed by atoms with Crippen molar-refractivity contribution in [2.75, 3.05) is 11.9 Å². The van der Waals surface area contributed by atoms with Crippen LogP contribution in [-0.4, -0.2) is 29.2 Å². The topological polar surface area (TPSA) is 66.5 Å². The second-order valence-electron chi connectivity index (χ2n) is 9.15. The summed E-state index contributed by atoms with van der Waals surface area (Å²) in [5, 5.41) is 2.77. The zero-order valence-corrected chi connectivity index (χ0v) is 19.7. The van der Waals surface area contributed by atoms with E-state index in [0.29, 0.717) is 5.69 Å². The van der Waals surface area contributed by atoms with E-state index in [1.165, 1.54) is 0 Å². The Morgan fingerprint density at radius 1 is 0.824 bits per heavy atom. The summed E-state index contributed by atoms with van der Waals surface area (Å²) in [5.41, 5.74) is 4.52. The molecule has 1 aliphatic heterocycles. The van der Waals surface area contributed by atoms with Crippen LogP contribution >= 0.6 is 23.2 Å². The molecule has 7 rings (SSSR count). The Morgan fingerprint density at radius 3 is 1.74 bits per heavy atom. The number of aryl methyl sites for hydroxylation is 1. The first-order valence-electron chi connectivity index (χ1n) is 11.1. The van der Waals surface area contributed by atoms with Gasteiger partial charge in [0.1, 0.15) is 16.3 Å². The Hall–Kier alpha value is -3.15. The standard InChI is InChI=1S/C27H20Cl2N2O3/c1-15-7-6-8-16(13-15)30-21(32)14-31-24(33)22-23(25(31)34)27(29)18-10-3-2-9-17(18)26(22,28)19-11-4-5-12-20(19)27/h2-13,22-23H,14H2,1H3,(H,30,32)/t22-,23-,26?,27?/m0/s1. The van der Waals surface area contributed by atoms with Gasteiger partial charge in [-0.1, -0.05) is 60.7 Å². The molecule has 2 bridgehead atoms. The monoisotopic (exact) mass is 490 g/mol. The Morgan fingerprint density at radius 2 is 1.29 bits per heavy atom. The van der Waals surface area contributed by atoms with E-state index in [2.05, 4.69) is 5.32 Å². The number of alkyl halides is 2. The first-order valence-corrected chi connectivity index (χ1v) is 11.8. The zero-order chi connectivity index (χ0) is 23.8. The number of anilines is 1. The van der Waals surface area contributed by atoms with E-state index < -0.39 is 45.9 Å². The lowest BCUT2D eigenvalue weighted by atomic mass is 9.54. The molecule has 1 heterocycles. The second-order valence-corrected chi connectivity index (χ2v) is 10.3. The maximum absolute atomic E-state index is 13.7. The summed E-state index contributed by atoms with van der Waals surface area (Å²) in [6, 6.07) is 22.2. The highest BCUT2D eigenvalue weighted by Gasteiger charge is 2.73. The van der Waals surface area contributed by atoms with Crippen LogP contribution in [0, 0.1) is 18.8 Å². The summed E-state index contributed by atoms with van der Waals surface area (Å²) in [5.74, 6) is -3.22. The summed E-state index contributed by atoms with van der Waals surface area (Å²) >= 11 is 14.7. The smallest absolute Gasteiger partial charge is 0.244 e. The van der Waals surface area contributed by atoms with Gasteiger partial charge < -0.3 is 5.32 Å². The number of hydrogen-bond donors (Lipinski definition) is 1. The fourth-order valence-electron chi connectivity index (χ4n) is 5.95. The summed E-state index contributed by atoms with van der Waals surface area (Å²) in [4.78, 5) is 38.8. The molecule has 170 valence electrons. The van der Waals surface area contributed by atoms with Gasteiger partial charge in [0.2, 0.25) is 17.7 Å². The van der Waals surface area contributed by atoms with Gasteiger partial charge in [0.05, 0.1) is 11.8 Å². The first kappa shape index (κ1) is 21.4. The largest absolute Gasteiger partial charge is 0.325 e. The van der Waals surface area contributed by atoms with Crippen molar-refractivity contribution in [3.8, 4) is 0 Å². The number of rotatable bonds is 3. The fourth-order valence-corrected chi connectivity index (χ4v) is 7.05. The van der Waals surface area contributed by atoms with Crippen LogP contribution in [0.3, 0.4) is 0 Å². The van der Waals surface area contributed by atoms with Gasteiger partial charge in [-0.25, -0.2) is 0 Å². The van der Waals surface area contributed by atoms with Crippen LogP contribution in [-0.2, 0) is 24.1 Å². The Balaban J connectivity index is 1.43. The van der Waals surface area contributed by atoms with Crippen LogP contribution in [0.1, 0.15) is 27.8 Å². The number of amides is 3. The zero-order valence-electron chi connectivity index (χ0n) is 18.2. The van der Waals surface area contributed by atoms with Crippen LogP contribution in [0.2, 0.25) is 0 Å². The van der Waals surface area contributed by atoms with Crippen LogP contribution in [0.4, 0.5) is 5.69 Å². The van der Waals surface area contributed by atoms with E-state index in [9.17, 15) is 14.4 Å². The maximum atomic E-state index is 13.7. The molecule has 34 heavy (non-hydrogen) atoms. The Bertz CT molecular complexity index is 1280. The molecule has 3 aromatic rings. The lowest BCUT2D eigenvalue weighted by Gasteiger charge is -2.54. The predicted molar refractivity (Wildman–Crippen MR) is 130 cm³/mol. The Kier molecular flexibility index (Phi) is 4.51. The number of nitrogens with one attached hydrogen (secondary N) is 1. The molecule has 3 aliphatic carbocycles. The summed E-state index contributed by atoms with van der Waals surface area (Å²) in [7, 11) is 0. The lowest BCUT2D eigenvalue weighted by Crippen LogP contribution is -2.57. The van der Waals surface area contributed by atoms with Crippen molar-refractivity contribution in [2.45, 2.75) is 16.7 Å². The van der Waals surface area contributed by atoms with Gasteiger partial charge in [0.15, 0.2) is 0 Å². The molecule has 4 aliphatic rings. The molecule has 0 spiro atoms. The van der Waals surface area contributed by atoms with E-state index in [0.717, 1.165) is 32.7 Å². The highest BCUT2D eigenvalue weighted by Crippen LogP contribution is 2.69. The molecule has 5 nitrogen and oxygen atoms in total. The molecule has 7 heteroatoms. The average molecular weight is 491 g/mol. The van der Waals surface area contributed by atoms with Crippen molar-refractivity contribution in [3.05, 3.63) is 101 Å². The third-order valence-electron chi connectivity index (χ3n) is 7.28. The number of carbonyl (C=O) groups excluding carboxylic acids is 3. The minimum Gasteiger partial charge on any atom is -0.325 e. The van der Waals surface area contributed by atoms with Gasteiger partial charge in [-0.2, -0.15) is 0 Å². The van der Waals surface area contributed by atoms with Crippen molar-refractivity contribution in [2.24, 2.45) is 11.8 Å². The highest BCUT2D eigenvalue weighted by atomic mass is 35.5. The number of halogens is 2. The maximum Gasteiger partial charge on any atom is 0.244 e. The van der Waals surface area contributed by atoms with E-state index in [1.54, 1.807) is 6.07 Å². The number of imide groups is 1. The van der Waals surface area contributed by atoms with E-state index in [-0.39, 0.29) is 0 Å².